The molecule has 0 unspecified atom stereocenters. The van der Waals surface area contributed by atoms with Crippen molar-refractivity contribution >= 4 is 83.8 Å². The monoisotopic (exact) mass is 649 g/mol. The van der Waals surface area contributed by atoms with E-state index in [1.165, 1.54) is 27.4 Å². The molecule has 10 aromatic rings. The minimum Gasteiger partial charge on any atom is -0.455 e. The maximum absolute atomic E-state index is 6.83. The summed E-state index contributed by atoms with van der Waals surface area (Å²) in [6.07, 6.45) is 0. The van der Waals surface area contributed by atoms with Crippen LogP contribution in [-0.4, -0.2) is 16.8 Å². The van der Waals surface area contributed by atoms with E-state index in [-0.39, 0.29) is 6.85 Å². The Bertz CT molecular complexity index is 2990. The number of anilines is 2. The molecule has 1 aliphatic rings. The van der Waals surface area contributed by atoms with Gasteiger partial charge < -0.3 is 9.23 Å². The van der Waals surface area contributed by atoms with Gasteiger partial charge in [-0.05, 0) is 39.3 Å². The first-order chi connectivity index (χ1) is 25.3. The third-order valence-electron chi connectivity index (χ3n) is 10.5. The molecule has 3 heterocycles. The summed E-state index contributed by atoms with van der Waals surface area (Å²) in [5.74, 6) is 0.642. The van der Waals surface area contributed by atoms with Crippen LogP contribution < -0.4 is 15.7 Å². The fraction of sp³-hybridized carbons (Fsp3) is 0. The summed E-state index contributed by atoms with van der Waals surface area (Å²) in [5, 5.41) is 7.80. The van der Waals surface area contributed by atoms with Crippen LogP contribution in [0.5, 0.6) is 0 Å². The van der Waals surface area contributed by atoms with Crippen molar-refractivity contribution in [1.82, 2.24) is 9.97 Å². The van der Waals surface area contributed by atoms with E-state index in [4.69, 9.17) is 14.4 Å². The van der Waals surface area contributed by atoms with Crippen LogP contribution in [0.2, 0.25) is 0 Å². The molecule has 0 N–H and O–H groups in total. The van der Waals surface area contributed by atoms with Crippen molar-refractivity contribution < 1.29 is 4.42 Å². The second-order valence-electron chi connectivity index (χ2n) is 13.3. The number of aromatic nitrogens is 2. The molecule has 2 aromatic heterocycles. The van der Waals surface area contributed by atoms with E-state index in [2.05, 4.69) is 163 Å². The summed E-state index contributed by atoms with van der Waals surface area (Å²) < 4.78 is 6.83. The molecule has 0 aliphatic carbocycles. The van der Waals surface area contributed by atoms with Crippen LogP contribution in [-0.2, 0) is 0 Å². The highest BCUT2D eigenvalue weighted by molar-refractivity contribution is 6.91. The van der Waals surface area contributed by atoms with Crippen molar-refractivity contribution in [1.29, 1.82) is 0 Å². The van der Waals surface area contributed by atoms with E-state index in [9.17, 15) is 0 Å². The van der Waals surface area contributed by atoms with Gasteiger partial charge in [0.15, 0.2) is 0 Å². The third kappa shape index (κ3) is 4.09. The first kappa shape index (κ1) is 28.2. The van der Waals surface area contributed by atoms with E-state index in [0.717, 1.165) is 66.0 Å². The van der Waals surface area contributed by atoms with Crippen molar-refractivity contribution in [2.75, 3.05) is 4.81 Å². The molecule has 4 nitrogen and oxygen atoms in total. The average Bonchev–Trinajstić information content (AvgIpc) is 3.60. The molecular formula is C46H28BN3O. The second-order valence-corrected chi connectivity index (χ2v) is 13.3. The molecule has 0 atom stereocenters. The Morgan fingerprint density at radius 3 is 1.96 bits per heavy atom. The fourth-order valence-corrected chi connectivity index (χ4v) is 8.35. The smallest absolute Gasteiger partial charge is 0.332 e. The summed E-state index contributed by atoms with van der Waals surface area (Å²) in [6.45, 7) is -0.235. The summed E-state index contributed by atoms with van der Waals surface area (Å²) in [5.41, 5.74) is 10.4. The van der Waals surface area contributed by atoms with Gasteiger partial charge in [0.05, 0.1) is 22.3 Å². The van der Waals surface area contributed by atoms with Crippen LogP contribution in [0.1, 0.15) is 0 Å². The number of rotatable bonds is 3. The molecule has 0 saturated heterocycles. The van der Waals surface area contributed by atoms with Crippen LogP contribution in [0, 0.1) is 0 Å². The number of fused-ring (bicyclic) bond motifs is 13. The Kier molecular flexibility index (Phi) is 6.01. The average molecular weight is 650 g/mol. The maximum atomic E-state index is 6.83. The number of furan rings is 1. The maximum Gasteiger partial charge on any atom is 0.332 e. The minimum absolute atomic E-state index is 0.235. The quantitative estimate of drug-likeness (QED) is 0.179. The molecule has 5 heteroatoms. The van der Waals surface area contributed by atoms with Crippen molar-refractivity contribution in [3.8, 4) is 22.4 Å². The van der Waals surface area contributed by atoms with Gasteiger partial charge in [-0.2, -0.15) is 0 Å². The van der Waals surface area contributed by atoms with Crippen molar-refractivity contribution in [2.45, 2.75) is 0 Å². The molecule has 0 amide bonds. The van der Waals surface area contributed by atoms with Gasteiger partial charge in [0, 0.05) is 27.3 Å². The Morgan fingerprint density at radius 2 is 1.14 bits per heavy atom. The highest BCUT2D eigenvalue weighted by Gasteiger charge is 2.42. The molecule has 0 fully saturated rings. The van der Waals surface area contributed by atoms with Crippen LogP contribution >= 0.6 is 0 Å². The van der Waals surface area contributed by atoms with Gasteiger partial charge in [-0.3, -0.25) is 0 Å². The number of hydrogen-bond donors (Lipinski definition) is 0. The lowest BCUT2D eigenvalue weighted by atomic mass is 9.45. The first-order valence-electron chi connectivity index (χ1n) is 17.4. The van der Waals surface area contributed by atoms with Crippen LogP contribution in [0.3, 0.4) is 0 Å². The lowest BCUT2D eigenvalue weighted by Gasteiger charge is -2.39. The van der Waals surface area contributed by atoms with Gasteiger partial charge in [-0.1, -0.05) is 163 Å². The van der Waals surface area contributed by atoms with Gasteiger partial charge >= 0.3 is 6.85 Å². The Morgan fingerprint density at radius 1 is 0.490 bits per heavy atom. The van der Waals surface area contributed by atoms with Gasteiger partial charge in [0.1, 0.15) is 11.2 Å². The zero-order chi connectivity index (χ0) is 33.5. The molecule has 0 bridgehead atoms. The zero-order valence-corrected chi connectivity index (χ0v) is 27.5. The van der Waals surface area contributed by atoms with Gasteiger partial charge in [-0.25, -0.2) is 9.97 Å². The summed E-state index contributed by atoms with van der Waals surface area (Å²) in [4.78, 5) is 13.4. The molecule has 8 aromatic carbocycles. The topological polar surface area (TPSA) is 42.2 Å². The van der Waals surface area contributed by atoms with Crippen molar-refractivity contribution in [3.05, 3.63) is 170 Å². The zero-order valence-electron chi connectivity index (χ0n) is 27.5. The lowest BCUT2D eigenvalue weighted by molar-refractivity contribution is 0.672. The predicted octanol–water partition coefficient (Wildman–Crippen LogP) is 10.4. The number of para-hydroxylation sites is 2. The summed E-state index contributed by atoms with van der Waals surface area (Å²) in [6, 6.07) is 60.0. The van der Waals surface area contributed by atoms with E-state index in [1.807, 2.05) is 12.1 Å². The molecule has 236 valence electrons. The minimum atomic E-state index is -0.235. The molecule has 0 spiro atoms. The van der Waals surface area contributed by atoms with Crippen molar-refractivity contribution in [2.24, 2.45) is 0 Å². The Hall–Kier alpha value is -6.72. The van der Waals surface area contributed by atoms with E-state index < -0.39 is 0 Å². The molecule has 0 radical (unpaired) electrons. The van der Waals surface area contributed by atoms with Gasteiger partial charge in [0.2, 0.25) is 5.95 Å². The molecule has 11 rings (SSSR count). The largest absolute Gasteiger partial charge is 0.455 e. The van der Waals surface area contributed by atoms with Crippen LogP contribution in [0.15, 0.2) is 174 Å². The molecule has 51 heavy (non-hydrogen) atoms. The van der Waals surface area contributed by atoms with Gasteiger partial charge in [-0.15, -0.1) is 0 Å². The SMILES string of the molecule is c1ccc(B2c3ccc4ccccc4c3-c3c(c4c5ccccc5oc4c4ccccc34)N2c2nc(-c3ccccc3)c3ccccc3n2)cc1. The summed E-state index contributed by atoms with van der Waals surface area (Å²) >= 11 is 0. The normalized spacial score (nSPS) is 12.6. The fourth-order valence-electron chi connectivity index (χ4n) is 8.35. The Balaban J connectivity index is 1.38. The van der Waals surface area contributed by atoms with Crippen LogP contribution in [0.25, 0.3) is 76.8 Å². The van der Waals surface area contributed by atoms with E-state index in [1.54, 1.807) is 0 Å². The summed E-state index contributed by atoms with van der Waals surface area (Å²) in [7, 11) is 0. The Labute approximate surface area is 294 Å². The predicted molar refractivity (Wildman–Crippen MR) is 213 cm³/mol. The number of benzene rings is 8. The van der Waals surface area contributed by atoms with E-state index in [0.29, 0.717) is 5.95 Å². The molecule has 1 aliphatic heterocycles. The molecular weight excluding hydrogens is 621 g/mol. The second kappa shape index (κ2) is 10.9. The standard InChI is InChI=1S/C46H28BN3O/c1-3-16-30(17-4-1)43-35-23-11-13-25-38(35)48-46(49-43)50-44-41(33-21-9-10-22-34(33)45-42(44)36-24-12-14-26-39(36)51-45)40-32-20-8-7-15-29(32)27-28-37(40)47(50)31-18-5-2-6-19-31/h1-28H. The van der Waals surface area contributed by atoms with Crippen molar-refractivity contribution in [3.63, 3.8) is 0 Å². The lowest BCUT2D eigenvalue weighted by Crippen LogP contribution is -2.58. The van der Waals surface area contributed by atoms with E-state index >= 15 is 0 Å². The molecule has 0 saturated carbocycles. The van der Waals surface area contributed by atoms with Crippen LogP contribution in [0.4, 0.5) is 11.6 Å². The number of hydrogen-bond acceptors (Lipinski definition) is 4. The van der Waals surface area contributed by atoms with Gasteiger partial charge in [0.25, 0.3) is 0 Å². The highest BCUT2D eigenvalue weighted by Crippen LogP contribution is 2.52. The first-order valence-corrected chi connectivity index (χ1v) is 17.4. The number of nitrogens with zero attached hydrogens (tertiary/aromatic N) is 3. The highest BCUT2D eigenvalue weighted by atomic mass is 16.3. The third-order valence-corrected chi connectivity index (χ3v) is 10.5.